The molecule has 2 rings (SSSR count). The molecule has 0 aliphatic heterocycles. The van der Waals surface area contributed by atoms with E-state index in [4.69, 9.17) is 12.2 Å². The van der Waals surface area contributed by atoms with Gasteiger partial charge in [-0.05, 0) is 36.8 Å². The summed E-state index contributed by atoms with van der Waals surface area (Å²) in [5, 5.41) is 8.84. The predicted octanol–water partition coefficient (Wildman–Crippen LogP) is 1.07. The maximum Gasteiger partial charge on any atom is 0.290 e. The zero-order chi connectivity index (χ0) is 16.7. The third-order valence-electron chi connectivity index (χ3n) is 2.69. The Balaban J connectivity index is 1.77. The summed E-state index contributed by atoms with van der Waals surface area (Å²) in [6, 6.07) is 11.0. The number of nitrogens with one attached hydrogen (secondary N) is 4. The van der Waals surface area contributed by atoms with Crippen LogP contribution in [0.4, 0.5) is 0 Å². The highest BCUT2D eigenvalue weighted by Gasteiger charge is 2.09. The van der Waals surface area contributed by atoms with Crippen molar-refractivity contribution >= 4 is 35.2 Å². The van der Waals surface area contributed by atoms with Gasteiger partial charge in [0, 0.05) is 11.8 Å². The molecule has 8 heteroatoms. The van der Waals surface area contributed by atoms with Gasteiger partial charge >= 0.3 is 0 Å². The number of carbonyl (C=O) groups excluding carboxylic acids is 2. The molecule has 2 amide bonds. The molecule has 0 spiro atoms. The molecule has 4 N–H and O–H groups in total. The lowest BCUT2D eigenvalue weighted by atomic mass is 10.2. The van der Waals surface area contributed by atoms with E-state index in [1.807, 2.05) is 30.3 Å². The molecule has 1 heterocycles. The van der Waals surface area contributed by atoms with Gasteiger partial charge in [-0.3, -0.25) is 30.9 Å². The number of H-pyrrole nitrogens is 1. The summed E-state index contributed by atoms with van der Waals surface area (Å²) in [6.07, 6.45) is 3.01. The molecular weight excluding hydrogens is 314 g/mol. The average Bonchev–Trinajstić information content (AvgIpc) is 2.98. The van der Waals surface area contributed by atoms with E-state index in [0.717, 1.165) is 11.3 Å². The maximum absolute atomic E-state index is 11.7. The van der Waals surface area contributed by atoms with Crippen LogP contribution in [0.2, 0.25) is 0 Å². The van der Waals surface area contributed by atoms with Gasteiger partial charge in [0.05, 0.1) is 0 Å². The van der Waals surface area contributed by atoms with E-state index in [2.05, 4.69) is 26.4 Å². The molecule has 2 aromatic rings. The molecule has 0 unspecified atom stereocenters. The summed E-state index contributed by atoms with van der Waals surface area (Å²) < 4.78 is 0. The summed E-state index contributed by atoms with van der Waals surface area (Å²) in [5.74, 6) is -0.873. The maximum atomic E-state index is 11.7. The Bertz CT molecular complexity index is 739. The van der Waals surface area contributed by atoms with E-state index in [1.165, 1.54) is 6.08 Å². The molecule has 118 valence electrons. The van der Waals surface area contributed by atoms with Crippen LogP contribution in [0.3, 0.4) is 0 Å². The zero-order valence-corrected chi connectivity index (χ0v) is 13.1. The molecule has 0 aliphatic rings. The van der Waals surface area contributed by atoms with Crippen LogP contribution in [0, 0.1) is 6.92 Å². The van der Waals surface area contributed by atoms with Crippen molar-refractivity contribution in [2.75, 3.05) is 0 Å². The number of nitrogens with zero attached hydrogens (tertiary/aromatic N) is 1. The fourth-order valence-electron chi connectivity index (χ4n) is 1.63. The number of thiocarbonyl (C=S) groups is 1. The van der Waals surface area contributed by atoms with Gasteiger partial charge in [0.2, 0.25) is 5.91 Å². The fourth-order valence-corrected chi connectivity index (χ4v) is 1.78. The first kappa shape index (κ1) is 16.4. The Labute approximate surface area is 138 Å². The van der Waals surface area contributed by atoms with Crippen LogP contribution in [0.25, 0.3) is 6.08 Å². The SMILES string of the molecule is Cc1cc(C(=O)NNC(=S)NC(=O)/C=C/c2ccccc2)n[nH]1. The van der Waals surface area contributed by atoms with E-state index in [1.54, 1.807) is 19.1 Å². The average molecular weight is 329 g/mol. The van der Waals surface area contributed by atoms with Crippen molar-refractivity contribution in [3.63, 3.8) is 0 Å². The summed E-state index contributed by atoms with van der Waals surface area (Å²) in [5.41, 5.74) is 6.64. The number of carbonyl (C=O) groups is 2. The second kappa shape index (κ2) is 7.85. The molecule has 0 radical (unpaired) electrons. The molecule has 0 bridgehead atoms. The van der Waals surface area contributed by atoms with Gasteiger partial charge < -0.3 is 0 Å². The van der Waals surface area contributed by atoms with Crippen LogP contribution in [0.15, 0.2) is 42.5 Å². The number of amides is 2. The van der Waals surface area contributed by atoms with Crippen LogP contribution in [-0.4, -0.2) is 27.1 Å². The lowest BCUT2D eigenvalue weighted by Gasteiger charge is -2.08. The van der Waals surface area contributed by atoms with E-state index in [9.17, 15) is 9.59 Å². The lowest BCUT2D eigenvalue weighted by molar-refractivity contribution is -0.115. The second-order valence-electron chi connectivity index (χ2n) is 4.58. The first-order valence-corrected chi connectivity index (χ1v) is 7.12. The van der Waals surface area contributed by atoms with E-state index < -0.39 is 11.8 Å². The number of aromatic amines is 1. The fraction of sp³-hybridized carbons (Fsp3) is 0.0667. The summed E-state index contributed by atoms with van der Waals surface area (Å²) >= 11 is 4.91. The van der Waals surface area contributed by atoms with Gasteiger partial charge in [-0.1, -0.05) is 30.3 Å². The highest BCUT2D eigenvalue weighted by molar-refractivity contribution is 7.80. The number of aromatic nitrogens is 2. The molecule has 0 atom stereocenters. The van der Waals surface area contributed by atoms with E-state index in [-0.39, 0.29) is 10.8 Å². The smallest absolute Gasteiger partial charge is 0.290 e. The molecule has 0 saturated heterocycles. The lowest BCUT2D eigenvalue weighted by Crippen LogP contribution is -2.48. The van der Waals surface area contributed by atoms with Crippen molar-refractivity contribution in [2.24, 2.45) is 0 Å². The Morgan fingerprint density at radius 2 is 1.96 bits per heavy atom. The van der Waals surface area contributed by atoms with Crippen molar-refractivity contribution in [1.29, 1.82) is 0 Å². The second-order valence-corrected chi connectivity index (χ2v) is 4.99. The number of hydrogen-bond acceptors (Lipinski definition) is 4. The monoisotopic (exact) mass is 329 g/mol. The first-order valence-electron chi connectivity index (χ1n) is 6.71. The third-order valence-corrected chi connectivity index (χ3v) is 2.90. The van der Waals surface area contributed by atoms with Gasteiger partial charge in [0.25, 0.3) is 5.91 Å². The van der Waals surface area contributed by atoms with Crippen molar-refractivity contribution < 1.29 is 9.59 Å². The van der Waals surface area contributed by atoms with Gasteiger partial charge in [0.1, 0.15) is 0 Å². The molecule has 1 aromatic carbocycles. The molecule has 7 nitrogen and oxygen atoms in total. The highest BCUT2D eigenvalue weighted by Crippen LogP contribution is 2.00. The quantitative estimate of drug-likeness (QED) is 0.383. The predicted molar refractivity (Wildman–Crippen MR) is 90.1 cm³/mol. The highest BCUT2D eigenvalue weighted by atomic mass is 32.1. The largest absolute Gasteiger partial charge is 0.298 e. The third kappa shape index (κ3) is 5.36. The Morgan fingerprint density at radius 3 is 2.61 bits per heavy atom. The van der Waals surface area contributed by atoms with E-state index in [0.29, 0.717) is 0 Å². The number of aryl methyl sites for hydroxylation is 1. The van der Waals surface area contributed by atoms with Gasteiger partial charge in [-0.25, -0.2) is 0 Å². The Kier molecular flexibility index (Phi) is 5.59. The minimum Gasteiger partial charge on any atom is -0.298 e. The minimum absolute atomic E-state index is 0.0201. The van der Waals surface area contributed by atoms with Gasteiger partial charge in [0.15, 0.2) is 10.8 Å². The van der Waals surface area contributed by atoms with Gasteiger partial charge in [-0.2, -0.15) is 5.10 Å². The molecule has 23 heavy (non-hydrogen) atoms. The van der Waals surface area contributed by atoms with Crippen molar-refractivity contribution in [3.05, 3.63) is 59.4 Å². The summed E-state index contributed by atoms with van der Waals surface area (Å²) in [4.78, 5) is 23.4. The van der Waals surface area contributed by atoms with Crippen molar-refractivity contribution in [2.45, 2.75) is 6.92 Å². The Morgan fingerprint density at radius 1 is 1.22 bits per heavy atom. The number of benzene rings is 1. The van der Waals surface area contributed by atoms with Crippen molar-refractivity contribution in [3.8, 4) is 0 Å². The van der Waals surface area contributed by atoms with Crippen LogP contribution in [0.5, 0.6) is 0 Å². The normalized spacial score (nSPS) is 10.3. The Hall–Kier alpha value is -3.00. The molecule has 0 saturated carbocycles. The first-order chi connectivity index (χ1) is 11.0. The summed E-state index contributed by atoms with van der Waals surface area (Å²) in [6.45, 7) is 1.78. The summed E-state index contributed by atoms with van der Waals surface area (Å²) in [7, 11) is 0. The zero-order valence-electron chi connectivity index (χ0n) is 12.3. The number of hydrogen-bond donors (Lipinski definition) is 4. The van der Waals surface area contributed by atoms with Gasteiger partial charge in [-0.15, -0.1) is 0 Å². The van der Waals surface area contributed by atoms with Crippen LogP contribution in [0.1, 0.15) is 21.7 Å². The van der Waals surface area contributed by atoms with E-state index >= 15 is 0 Å². The topological polar surface area (TPSA) is 98.9 Å². The van der Waals surface area contributed by atoms with Crippen LogP contribution >= 0.6 is 12.2 Å². The standard InChI is InChI=1S/C15H15N5O2S/c1-10-9-12(18-17-10)14(22)19-20-15(23)16-13(21)8-7-11-5-3-2-4-6-11/h2-9H,1H3,(H,17,18)(H,19,22)(H2,16,20,21,23)/b8-7+. The van der Waals surface area contributed by atoms with Crippen LogP contribution < -0.4 is 16.2 Å². The van der Waals surface area contributed by atoms with Crippen LogP contribution in [-0.2, 0) is 4.79 Å². The van der Waals surface area contributed by atoms with Crippen molar-refractivity contribution in [1.82, 2.24) is 26.4 Å². The minimum atomic E-state index is -0.467. The molecular formula is C15H15N5O2S. The molecule has 0 fully saturated rings. The molecule has 0 aliphatic carbocycles. The molecule has 1 aromatic heterocycles. The number of rotatable bonds is 3. The number of hydrazine groups is 1.